The molecule has 0 aliphatic rings. The van der Waals surface area contributed by atoms with E-state index < -0.39 is 16.7 Å². The molecule has 40 heavy (non-hydrogen) atoms. The van der Waals surface area contributed by atoms with E-state index in [0.29, 0.717) is 22.4 Å². The Balaban J connectivity index is 1.47. The molecule has 0 heterocycles. The van der Waals surface area contributed by atoms with E-state index in [-0.39, 0.29) is 17.2 Å². The summed E-state index contributed by atoms with van der Waals surface area (Å²) in [6.45, 7) is 1.93. The monoisotopic (exact) mass is 531 g/mol. The first kappa shape index (κ1) is 27.4. The third kappa shape index (κ3) is 7.45. The molecule has 0 atom stereocenters. The first-order chi connectivity index (χ1) is 19.3. The molecule has 0 bridgehead atoms. The number of benzene rings is 4. The molecule has 0 radical (unpaired) electrons. The van der Waals surface area contributed by atoms with Crippen molar-refractivity contribution in [1.29, 1.82) is 0 Å². The molecule has 4 aromatic carbocycles. The predicted molar refractivity (Wildman–Crippen MR) is 155 cm³/mol. The highest BCUT2D eigenvalue weighted by Gasteiger charge is 2.15. The standard InChI is InChI=1S/C32H25N3O5/c1-22-6-5-7-24(20-22)21-29(34-31(37)26-8-3-2-4-9-26)32(38)33-27-15-13-25(14-16-27)30(36)19-12-23-10-17-28(18-11-23)35(39)40/h2-21H,1H3,(H,33,38)(H,34,37)/b19-12+,29-21-. The SMILES string of the molecule is Cc1cccc(/C=C(\NC(=O)c2ccccc2)C(=O)Nc2ccc(C(=O)/C=C/c3ccc([N+](=O)[O-])cc3)cc2)c1. The number of amides is 2. The van der Waals surface area contributed by atoms with Crippen LogP contribution in [0.1, 0.15) is 37.4 Å². The van der Waals surface area contributed by atoms with Crippen LogP contribution in [-0.4, -0.2) is 22.5 Å². The second-order valence-corrected chi connectivity index (χ2v) is 8.87. The number of nitro benzene ring substituents is 1. The molecule has 0 saturated carbocycles. The van der Waals surface area contributed by atoms with Crippen molar-refractivity contribution in [3.8, 4) is 0 Å². The van der Waals surface area contributed by atoms with E-state index in [4.69, 9.17) is 0 Å². The zero-order valence-corrected chi connectivity index (χ0v) is 21.5. The van der Waals surface area contributed by atoms with Gasteiger partial charge in [0.15, 0.2) is 5.78 Å². The molecule has 0 aromatic heterocycles. The second kappa shape index (κ2) is 12.7. The lowest BCUT2D eigenvalue weighted by Gasteiger charge is -2.12. The largest absolute Gasteiger partial charge is 0.321 e. The molecular weight excluding hydrogens is 506 g/mol. The quantitative estimate of drug-likeness (QED) is 0.115. The summed E-state index contributed by atoms with van der Waals surface area (Å²) in [5.41, 5.74) is 3.67. The van der Waals surface area contributed by atoms with E-state index in [1.54, 1.807) is 78.9 Å². The average molecular weight is 532 g/mol. The van der Waals surface area contributed by atoms with Crippen molar-refractivity contribution in [2.75, 3.05) is 5.32 Å². The van der Waals surface area contributed by atoms with Crippen LogP contribution < -0.4 is 10.6 Å². The molecule has 0 unspecified atom stereocenters. The summed E-state index contributed by atoms with van der Waals surface area (Å²) >= 11 is 0. The molecule has 0 saturated heterocycles. The number of hydrogen-bond donors (Lipinski definition) is 2. The van der Waals surface area contributed by atoms with Gasteiger partial charge in [-0.15, -0.1) is 0 Å². The minimum Gasteiger partial charge on any atom is -0.321 e. The van der Waals surface area contributed by atoms with Crippen LogP contribution in [0.4, 0.5) is 11.4 Å². The zero-order valence-electron chi connectivity index (χ0n) is 21.5. The lowest BCUT2D eigenvalue weighted by Crippen LogP contribution is -2.30. The average Bonchev–Trinajstić information content (AvgIpc) is 2.96. The maximum absolute atomic E-state index is 13.2. The number of carbonyl (C=O) groups excluding carboxylic acids is 3. The van der Waals surface area contributed by atoms with Crippen molar-refractivity contribution in [3.63, 3.8) is 0 Å². The van der Waals surface area contributed by atoms with Crippen LogP contribution in [0.5, 0.6) is 0 Å². The van der Waals surface area contributed by atoms with Crippen molar-refractivity contribution in [2.24, 2.45) is 0 Å². The molecule has 8 heteroatoms. The van der Waals surface area contributed by atoms with Crippen LogP contribution in [0.2, 0.25) is 0 Å². The molecule has 2 N–H and O–H groups in total. The molecule has 4 aromatic rings. The van der Waals surface area contributed by atoms with Gasteiger partial charge in [0.1, 0.15) is 5.70 Å². The molecule has 0 spiro atoms. The van der Waals surface area contributed by atoms with Gasteiger partial charge in [-0.25, -0.2) is 0 Å². The van der Waals surface area contributed by atoms with Crippen LogP contribution in [0.3, 0.4) is 0 Å². The fourth-order valence-corrected chi connectivity index (χ4v) is 3.76. The predicted octanol–water partition coefficient (Wildman–Crippen LogP) is 6.21. The normalized spacial score (nSPS) is 11.2. The van der Waals surface area contributed by atoms with Gasteiger partial charge in [0, 0.05) is 28.9 Å². The molecule has 2 amide bonds. The molecule has 198 valence electrons. The van der Waals surface area contributed by atoms with Crippen LogP contribution in [0.15, 0.2) is 115 Å². The molecule has 4 rings (SSSR count). The summed E-state index contributed by atoms with van der Waals surface area (Å²) in [6, 6.07) is 28.3. The number of nitrogens with one attached hydrogen (secondary N) is 2. The number of rotatable bonds is 9. The van der Waals surface area contributed by atoms with Gasteiger partial charge in [0.25, 0.3) is 17.5 Å². The van der Waals surface area contributed by atoms with Crippen molar-refractivity contribution in [3.05, 3.63) is 153 Å². The Morgan fingerprint density at radius 3 is 2.12 bits per heavy atom. The number of non-ortho nitro benzene ring substituents is 1. The highest BCUT2D eigenvalue weighted by molar-refractivity contribution is 6.11. The highest BCUT2D eigenvalue weighted by atomic mass is 16.6. The topological polar surface area (TPSA) is 118 Å². The number of carbonyl (C=O) groups is 3. The Labute approximate surface area is 230 Å². The molecular formula is C32H25N3O5. The molecule has 0 aliphatic carbocycles. The van der Waals surface area contributed by atoms with E-state index in [9.17, 15) is 24.5 Å². The smallest absolute Gasteiger partial charge is 0.272 e. The van der Waals surface area contributed by atoms with Gasteiger partial charge in [0.2, 0.25) is 0 Å². The van der Waals surface area contributed by atoms with Gasteiger partial charge in [-0.05, 0) is 78.7 Å². The van der Waals surface area contributed by atoms with Crippen LogP contribution in [-0.2, 0) is 4.79 Å². The number of anilines is 1. The molecule has 0 aliphatic heterocycles. The van der Waals surface area contributed by atoms with Crippen molar-refractivity contribution in [2.45, 2.75) is 6.92 Å². The summed E-state index contributed by atoms with van der Waals surface area (Å²) in [7, 11) is 0. The lowest BCUT2D eigenvalue weighted by molar-refractivity contribution is -0.384. The summed E-state index contributed by atoms with van der Waals surface area (Å²) < 4.78 is 0. The van der Waals surface area contributed by atoms with Crippen LogP contribution in [0, 0.1) is 17.0 Å². The summed E-state index contributed by atoms with van der Waals surface area (Å²) in [4.78, 5) is 48.9. The molecule has 0 fully saturated rings. The minimum atomic E-state index is -0.525. The van der Waals surface area contributed by atoms with E-state index in [1.807, 2.05) is 31.2 Å². The van der Waals surface area contributed by atoms with Gasteiger partial charge in [-0.3, -0.25) is 24.5 Å². The number of aryl methyl sites for hydroxylation is 1. The van der Waals surface area contributed by atoms with E-state index >= 15 is 0 Å². The molecule has 8 nitrogen and oxygen atoms in total. The number of hydrogen-bond acceptors (Lipinski definition) is 5. The van der Waals surface area contributed by atoms with Gasteiger partial charge in [-0.2, -0.15) is 0 Å². The second-order valence-electron chi connectivity index (χ2n) is 8.87. The first-order valence-electron chi connectivity index (χ1n) is 12.3. The first-order valence-corrected chi connectivity index (χ1v) is 12.3. The highest BCUT2D eigenvalue weighted by Crippen LogP contribution is 2.16. The number of allylic oxidation sites excluding steroid dienone is 1. The fourth-order valence-electron chi connectivity index (χ4n) is 3.76. The fraction of sp³-hybridized carbons (Fsp3) is 0.0312. The number of nitro groups is 1. The maximum Gasteiger partial charge on any atom is 0.272 e. The van der Waals surface area contributed by atoms with Crippen molar-refractivity contribution in [1.82, 2.24) is 5.32 Å². The van der Waals surface area contributed by atoms with Gasteiger partial charge < -0.3 is 10.6 Å². The summed E-state index contributed by atoms with van der Waals surface area (Å²) in [5.74, 6) is -1.22. The summed E-state index contributed by atoms with van der Waals surface area (Å²) in [6.07, 6.45) is 4.54. The third-order valence-corrected chi connectivity index (χ3v) is 5.84. The van der Waals surface area contributed by atoms with Crippen LogP contribution in [0.25, 0.3) is 12.2 Å². The Morgan fingerprint density at radius 1 is 0.775 bits per heavy atom. The third-order valence-electron chi connectivity index (χ3n) is 5.84. The number of nitrogens with zero attached hydrogens (tertiary/aromatic N) is 1. The Bertz CT molecular complexity index is 1610. The minimum absolute atomic E-state index is 0.0300. The van der Waals surface area contributed by atoms with E-state index in [1.165, 1.54) is 18.2 Å². The van der Waals surface area contributed by atoms with Crippen LogP contribution >= 0.6 is 0 Å². The van der Waals surface area contributed by atoms with Crippen molar-refractivity contribution >= 4 is 41.1 Å². The van der Waals surface area contributed by atoms with Crippen molar-refractivity contribution < 1.29 is 19.3 Å². The Kier molecular flexibility index (Phi) is 8.73. The van der Waals surface area contributed by atoms with E-state index in [2.05, 4.69) is 10.6 Å². The zero-order chi connectivity index (χ0) is 28.5. The van der Waals surface area contributed by atoms with Gasteiger partial charge >= 0.3 is 0 Å². The maximum atomic E-state index is 13.2. The van der Waals surface area contributed by atoms with Gasteiger partial charge in [0.05, 0.1) is 4.92 Å². The van der Waals surface area contributed by atoms with E-state index in [0.717, 1.165) is 11.1 Å². The Hall–Kier alpha value is -5.63. The lowest BCUT2D eigenvalue weighted by atomic mass is 10.1. The number of ketones is 1. The summed E-state index contributed by atoms with van der Waals surface area (Å²) in [5, 5.41) is 16.2. The van der Waals surface area contributed by atoms with Gasteiger partial charge in [-0.1, -0.05) is 54.1 Å². The Morgan fingerprint density at radius 2 is 1.48 bits per heavy atom.